The summed E-state index contributed by atoms with van der Waals surface area (Å²) >= 11 is 5.11. The molecule has 0 aromatic heterocycles. The lowest BCUT2D eigenvalue weighted by Crippen LogP contribution is -2.61. The van der Waals surface area contributed by atoms with Gasteiger partial charge in [0.15, 0.2) is 0 Å². The van der Waals surface area contributed by atoms with Gasteiger partial charge in [-0.1, -0.05) is 19.1 Å². The van der Waals surface area contributed by atoms with E-state index in [1.165, 1.54) is 0 Å². The van der Waals surface area contributed by atoms with E-state index in [0.29, 0.717) is 11.4 Å². The highest BCUT2D eigenvalue weighted by molar-refractivity contribution is 7.80. The SMILES string of the molecule is CCCC(=O)NC1(C(N)=S)CCN(C)CC1. The van der Waals surface area contributed by atoms with Crippen molar-refractivity contribution in [3.05, 3.63) is 0 Å². The fraction of sp³-hybridized carbons (Fsp3) is 0.818. The van der Waals surface area contributed by atoms with Crippen LogP contribution in [-0.2, 0) is 4.79 Å². The highest BCUT2D eigenvalue weighted by Gasteiger charge is 2.37. The summed E-state index contributed by atoms with van der Waals surface area (Å²) in [5.74, 6) is 0.0554. The van der Waals surface area contributed by atoms with Crippen molar-refractivity contribution in [2.75, 3.05) is 20.1 Å². The molecule has 1 aliphatic heterocycles. The van der Waals surface area contributed by atoms with Gasteiger partial charge in [-0.3, -0.25) is 4.79 Å². The zero-order valence-corrected chi connectivity index (χ0v) is 10.9. The summed E-state index contributed by atoms with van der Waals surface area (Å²) < 4.78 is 0. The molecule has 1 rings (SSSR count). The van der Waals surface area contributed by atoms with Crippen molar-refractivity contribution in [2.24, 2.45) is 5.73 Å². The molecule has 0 unspecified atom stereocenters. The molecule has 0 spiro atoms. The molecule has 0 atom stereocenters. The molecular formula is C11H21N3OS. The Balaban J connectivity index is 2.66. The number of hydrogen-bond donors (Lipinski definition) is 2. The van der Waals surface area contributed by atoms with Crippen molar-refractivity contribution in [1.29, 1.82) is 0 Å². The Kier molecular flexibility index (Phi) is 4.68. The van der Waals surface area contributed by atoms with Crippen LogP contribution >= 0.6 is 12.2 Å². The van der Waals surface area contributed by atoms with Crippen LogP contribution in [0.1, 0.15) is 32.6 Å². The van der Waals surface area contributed by atoms with Crippen LogP contribution in [0.4, 0.5) is 0 Å². The number of piperidine rings is 1. The van der Waals surface area contributed by atoms with E-state index in [9.17, 15) is 4.79 Å². The first-order valence-electron chi connectivity index (χ1n) is 5.79. The summed E-state index contributed by atoms with van der Waals surface area (Å²) in [6, 6.07) is 0. The fourth-order valence-corrected chi connectivity index (χ4v) is 2.24. The number of rotatable bonds is 4. The maximum absolute atomic E-state index is 11.7. The van der Waals surface area contributed by atoms with Crippen molar-refractivity contribution in [2.45, 2.75) is 38.1 Å². The minimum absolute atomic E-state index is 0.0554. The van der Waals surface area contributed by atoms with E-state index in [-0.39, 0.29) is 5.91 Å². The molecule has 1 aliphatic rings. The van der Waals surface area contributed by atoms with Crippen molar-refractivity contribution >= 4 is 23.1 Å². The lowest BCUT2D eigenvalue weighted by Gasteiger charge is -2.40. The summed E-state index contributed by atoms with van der Waals surface area (Å²) in [5.41, 5.74) is 5.34. The summed E-state index contributed by atoms with van der Waals surface area (Å²) in [6.45, 7) is 3.83. The van der Waals surface area contributed by atoms with Crippen molar-refractivity contribution < 1.29 is 4.79 Å². The zero-order valence-electron chi connectivity index (χ0n) is 10.1. The largest absolute Gasteiger partial charge is 0.391 e. The molecule has 0 saturated carbocycles. The highest BCUT2D eigenvalue weighted by Crippen LogP contribution is 2.22. The van der Waals surface area contributed by atoms with Crippen LogP contribution in [0.15, 0.2) is 0 Å². The number of nitrogens with two attached hydrogens (primary N) is 1. The third kappa shape index (κ3) is 3.15. The number of hydrogen-bond acceptors (Lipinski definition) is 3. The van der Waals surface area contributed by atoms with E-state index in [4.69, 9.17) is 18.0 Å². The summed E-state index contributed by atoms with van der Waals surface area (Å²) in [4.78, 5) is 14.3. The normalized spacial score (nSPS) is 20.4. The molecule has 0 aromatic carbocycles. The van der Waals surface area contributed by atoms with Gasteiger partial charge < -0.3 is 16.0 Å². The number of amides is 1. The number of nitrogens with one attached hydrogen (secondary N) is 1. The molecule has 1 fully saturated rings. The van der Waals surface area contributed by atoms with Crippen LogP contribution in [0.2, 0.25) is 0 Å². The van der Waals surface area contributed by atoms with Gasteiger partial charge in [0.1, 0.15) is 0 Å². The molecule has 0 aromatic rings. The zero-order chi connectivity index (χ0) is 12.2. The summed E-state index contributed by atoms with van der Waals surface area (Å²) in [7, 11) is 2.07. The molecule has 0 aliphatic carbocycles. The molecule has 1 heterocycles. The summed E-state index contributed by atoms with van der Waals surface area (Å²) in [5, 5.41) is 3.02. The van der Waals surface area contributed by atoms with E-state index in [1.54, 1.807) is 0 Å². The van der Waals surface area contributed by atoms with Gasteiger partial charge in [0.25, 0.3) is 0 Å². The third-order valence-electron chi connectivity index (χ3n) is 3.17. The van der Waals surface area contributed by atoms with Crippen LogP contribution in [0.3, 0.4) is 0 Å². The first kappa shape index (κ1) is 13.4. The smallest absolute Gasteiger partial charge is 0.220 e. The molecule has 16 heavy (non-hydrogen) atoms. The van der Waals surface area contributed by atoms with Gasteiger partial charge in [-0.25, -0.2) is 0 Å². The molecule has 5 heteroatoms. The van der Waals surface area contributed by atoms with E-state index >= 15 is 0 Å². The number of nitrogens with zero attached hydrogens (tertiary/aromatic N) is 1. The predicted octanol–water partition coefficient (Wildman–Crippen LogP) is 0.653. The molecule has 0 radical (unpaired) electrons. The number of likely N-dealkylation sites (tertiary alicyclic amines) is 1. The van der Waals surface area contributed by atoms with Crippen LogP contribution < -0.4 is 11.1 Å². The Morgan fingerprint density at radius 2 is 2.06 bits per heavy atom. The van der Waals surface area contributed by atoms with E-state index in [2.05, 4.69) is 17.3 Å². The Bertz CT molecular complexity index is 272. The van der Waals surface area contributed by atoms with Gasteiger partial charge in [-0.15, -0.1) is 0 Å². The molecular weight excluding hydrogens is 222 g/mol. The lowest BCUT2D eigenvalue weighted by molar-refractivity contribution is -0.122. The number of carbonyl (C=O) groups is 1. The molecule has 3 N–H and O–H groups in total. The van der Waals surface area contributed by atoms with Crippen LogP contribution in [0, 0.1) is 0 Å². The first-order valence-corrected chi connectivity index (χ1v) is 6.20. The van der Waals surface area contributed by atoms with Gasteiger partial charge in [0.05, 0.1) is 10.5 Å². The van der Waals surface area contributed by atoms with Gasteiger partial charge in [0.2, 0.25) is 5.91 Å². The highest BCUT2D eigenvalue weighted by atomic mass is 32.1. The van der Waals surface area contributed by atoms with Crippen LogP contribution in [0.25, 0.3) is 0 Å². The number of carbonyl (C=O) groups excluding carboxylic acids is 1. The second-order valence-corrected chi connectivity index (χ2v) is 4.99. The van der Waals surface area contributed by atoms with E-state index in [1.807, 2.05) is 6.92 Å². The standard InChI is InChI=1S/C11H21N3OS/c1-3-4-9(15)13-11(10(12)16)5-7-14(2)8-6-11/h3-8H2,1-2H3,(H2,12,16)(H,13,15). The van der Waals surface area contributed by atoms with Crippen LogP contribution in [-0.4, -0.2) is 41.5 Å². The topological polar surface area (TPSA) is 58.4 Å². The minimum atomic E-state index is -0.450. The Morgan fingerprint density at radius 1 is 1.50 bits per heavy atom. The van der Waals surface area contributed by atoms with Crippen molar-refractivity contribution in [3.8, 4) is 0 Å². The van der Waals surface area contributed by atoms with Crippen molar-refractivity contribution in [1.82, 2.24) is 10.2 Å². The van der Waals surface area contributed by atoms with Gasteiger partial charge >= 0.3 is 0 Å². The Labute approximate surface area is 103 Å². The average molecular weight is 243 g/mol. The van der Waals surface area contributed by atoms with Crippen molar-refractivity contribution in [3.63, 3.8) is 0 Å². The predicted molar refractivity (Wildman–Crippen MR) is 69.3 cm³/mol. The van der Waals surface area contributed by atoms with E-state index in [0.717, 1.165) is 32.4 Å². The Hall–Kier alpha value is -0.680. The quantitative estimate of drug-likeness (QED) is 0.712. The van der Waals surface area contributed by atoms with Crippen LogP contribution in [0.5, 0.6) is 0 Å². The monoisotopic (exact) mass is 243 g/mol. The maximum atomic E-state index is 11.7. The Morgan fingerprint density at radius 3 is 2.50 bits per heavy atom. The van der Waals surface area contributed by atoms with Gasteiger partial charge in [-0.05, 0) is 26.3 Å². The second kappa shape index (κ2) is 5.59. The second-order valence-electron chi connectivity index (χ2n) is 4.55. The third-order valence-corrected chi connectivity index (χ3v) is 3.56. The average Bonchev–Trinajstić information content (AvgIpc) is 2.22. The molecule has 1 amide bonds. The lowest BCUT2D eigenvalue weighted by atomic mass is 9.87. The van der Waals surface area contributed by atoms with Gasteiger partial charge in [0, 0.05) is 19.5 Å². The molecule has 1 saturated heterocycles. The number of thiocarbonyl (C=S) groups is 1. The maximum Gasteiger partial charge on any atom is 0.220 e. The van der Waals surface area contributed by atoms with Gasteiger partial charge in [-0.2, -0.15) is 0 Å². The van der Waals surface area contributed by atoms with E-state index < -0.39 is 5.54 Å². The fourth-order valence-electron chi connectivity index (χ4n) is 1.99. The molecule has 92 valence electrons. The molecule has 0 bridgehead atoms. The minimum Gasteiger partial charge on any atom is -0.391 e. The molecule has 4 nitrogen and oxygen atoms in total. The first-order chi connectivity index (χ1) is 7.50. The summed E-state index contributed by atoms with van der Waals surface area (Å²) in [6.07, 6.45) is 3.02.